The zero-order valence-corrected chi connectivity index (χ0v) is 19.9. The molecule has 0 radical (unpaired) electrons. The first-order chi connectivity index (χ1) is 16.5. The summed E-state index contributed by atoms with van der Waals surface area (Å²) in [7, 11) is 0. The van der Waals surface area contributed by atoms with Gasteiger partial charge in [0.25, 0.3) is 11.8 Å². The third kappa shape index (κ3) is 3.60. The van der Waals surface area contributed by atoms with Gasteiger partial charge < -0.3 is 14.6 Å². The number of carbonyl (C=O) groups excluding carboxylic acids is 2. The van der Waals surface area contributed by atoms with Crippen LogP contribution < -0.4 is 5.32 Å². The summed E-state index contributed by atoms with van der Waals surface area (Å²) in [5, 5.41) is 5.06. The summed E-state index contributed by atoms with van der Waals surface area (Å²) in [5.74, 6) is 1.39. The molecule has 0 unspecified atom stereocenters. The zero-order chi connectivity index (χ0) is 23.4. The minimum absolute atomic E-state index is 0.00459. The number of carbonyl (C=O) groups is 2. The molecule has 2 fully saturated rings. The lowest BCUT2D eigenvalue weighted by Gasteiger charge is -2.28. The molecule has 0 spiro atoms. The molecular formula is C27H25N3O3S. The molecule has 2 amide bonds. The fraction of sp³-hybridized carbons (Fsp3) is 0.296. The van der Waals surface area contributed by atoms with Crippen LogP contribution in [0.1, 0.15) is 38.6 Å². The predicted octanol–water partition coefficient (Wildman–Crippen LogP) is 5.06. The van der Waals surface area contributed by atoms with Gasteiger partial charge in [-0.15, -0.1) is 11.3 Å². The van der Waals surface area contributed by atoms with Crippen molar-refractivity contribution in [3.63, 3.8) is 0 Å². The van der Waals surface area contributed by atoms with Crippen molar-refractivity contribution in [3.05, 3.63) is 76.5 Å². The van der Waals surface area contributed by atoms with Crippen molar-refractivity contribution in [2.75, 3.05) is 13.1 Å². The van der Waals surface area contributed by atoms with E-state index < -0.39 is 0 Å². The highest BCUT2D eigenvalue weighted by atomic mass is 32.1. The molecule has 2 aromatic carbocycles. The van der Waals surface area contributed by atoms with Crippen molar-refractivity contribution >= 4 is 34.3 Å². The molecule has 1 aliphatic heterocycles. The van der Waals surface area contributed by atoms with Gasteiger partial charge in [0.05, 0.1) is 17.2 Å². The molecule has 6 rings (SSSR count). The van der Waals surface area contributed by atoms with E-state index in [1.165, 1.54) is 5.56 Å². The van der Waals surface area contributed by atoms with Crippen LogP contribution in [0.2, 0.25) is 0 Å². The number of para-hydroxylation sites is 1. The topological polar surface area (TPSA) is 75.4 Å². The number of fused-ring (bicyclic) bond motifs is 2. The van der Waals surface area contributed by atoms with E-state index in [-0.39, 0.29) is 17.9 Å². The molecule has 1 N–H and O–H groups in total. The van der Waals surface area contributed by atoms with Crippen LogP contribution in [0.3, 0.4) is 0 Å². The largest absolute Gasteiger partial charge is 0.441 e. The Morgan fingerprint density at radius 2 is 2.00 bits per heavy atom. The Balaban J connectivity index is 1.21. The Kier molecular flexibility index (Phi) is 5.03. The second-order valence-corrected chi connectivity index (χ2v) is 10.2. The van der Waals surface area contributed by atoms with E-state index >= 15 is 0 Å². The van der Waals surface area contributed by atoms with Crippen LogP contribution in [-0.4, -0.2) is 40.8 Å². The van der Waals surface area contributed by atoms with Crippen molar-refractivity contribution in [1.29, 1.82) is 0 Å². The van der Waals surface area contributed by atoms with E-state index in [1.807, 2.05) is 28.5 Å². The number of nitrogens with one attached hydrogen (secondary N) is 1. The first-order valence-electron chi connectivity index (χ1n) is 11.6. The Morgan fingerprint density at radius 1 is 1.15 bits per heavy atom. The number of likely N-dealkylation sites (tertiary alicyclic amines) is 1. The smallest absolute Gasteiger partial charge is 0.255 e. The highest BCUT2D eigenvalue weighted by molar-refractivity contribution is 7.14. The molecule has 2 aromatic heterocycles. The highest BCUT2D eigenvalue weighted by Crippen LogP contribution is 2.50. The molecular weight excluding hydrogens is 446 g/mol. The molecule has 1 aliphatic carbocycles. The quantitative estimate of drug-likeness (QED) is 0.441. The van der Waals surface area contributed by atoms with Crippen LogP contribution in [-0.2, 0) is 0 Å². The van der Waals surface area contributed by atoms with E-state index in [2.05, 4.69) is 35.4 Å². The van der Waals surface area contributed by atoms with Crippen LogP contribution >= 0.6 is 11.3 Å². The predicted molar refractivity (Wildman–Crippen MR) is 132 cm³/mol. The zero-order valence-electron chi connectivity index (χ0n) is 19.1. The lowest BCUT2D eigenvalue weighted by molar-refractivity contribution is 0.0696. The molecule has 1 saturated carbocycles. The summed E-state index contributed by atoms with van der Waals surface area (Å²) in [4.78, 5) is 34.0. The van der Waals surface area contributed by atoms with Gasteiger partial charge in [0.15, 0.2) is 11.5 Å². The maximum absolute atomic E-state index is 13.7. The van der Waals surface area contributed by atoms with Crippen molar-refractivity contribution < 1.29 is 14.0 Å². The number of hydrogen-bond acceptors (Lipinski definition) is 5. The van der Waals surface area contributed by atoms with Crippen LogP contribution in [0.15, 0.2) is 58.3 Å². The monoisotopic (exact) mass is 471 g/mol. The molecule has 2 aliphatic rings. The number of hydrogen-bond donors (Lipinski definition) is 1. The Bertz CT molecular complexity index is 1420. The number of aryl methyl sites for hydroxylation is 2. The molecule has 3 atom stereocenters. The summed E-state index contributed by atoms with van der Waals surface area (Å²) in [6.45, 7) is 5.02. The number of rotatable bonds is 5. The van der Waals surface area contributed by atoms with Crippen molar-refractivity contribution in [2.45, 2.75) is 26.3 Å². The molecule has 7 heteroatoms. The Morgan fingerprint density at radius 3 is 2.85 bits per heavy atom. The summed E-state index contributed by atoms with van der Waals surface area (Å²) >= 11 is 1.60. The SMILES string of the molecule is Cc1cccc(-c2sccc2C(=O)N2C[C@@H]3C[C@@H]3[C@H]2CNC(=O)c2cccc3oc(C)nc23)c1. The summed E-state index contributed by atoms with van der Waals surface area (Å²) < 4.78 is 5.56. The average molecular weight is 472 g/mol. The van der Waals surface area contributed by atoms with Gasteiger partial charge in [-0.05, 0) is 54.3 Å². The number of piperidine rings is 1. The van der Waals surface area contributed by atoms with Gasteiger partial charge in [-0.1, -0.05) is 35.9 Å². The summed E-state index contributed by atoms with van der Waals surface area (Å²) in [6, 6.07) is 15.6. The number of oxazole rings is 1. The molecule has 6 nitrogen and oxygen atoms in total. The van der Waals surface area contributed by atoms with Crippen LogP contribution in [0.25, 0.3) is 21.5 Å². The average Bonchev–Trinajstić information content (AvgIpc) is 3.16. The molecule has 3 heterocycles. The van der Waals surface area contributed by atoms with Gasteiger partial charge in [0.2, 0.25) is 0 Å². The lowest BCUT2D eigenvalue weighted by atomic mass is 10.1. The first-order valence-corrected chi connectivity index (χ1v) is 12.5. The molecule has 1 saturated heterocycles. The molecule has 0 bridgehead atoms. The standard InChI is InChI=1S/C27H25N3O3S/c1-15-5-3-6-17(11-15)25-20(9-10-34-25)27(32)30-14-18-12-21(18)22(30)13-28-26(31)19-7-4-8-23-24(19)29-16(2)33-23/h3-11,18,21-22H,12-14H2,1-2H3,(H,28,31)/t18-,21-,22+/m0/s1. The fourth-order valence-electron chi connectivity index (χ4n) is 5.24. The summed E-state index contributed by atoms with van der Waals surface area (Å²) in [6.07, 6.45) is 1.12. The van der Waals surface area contributed by atoms with Crippen molar-refractivity contribution in [3.8, 4) is 10.4 Å². The van der Waals surface area contributed by atoms with Gasteiger partial charge in [-0.2, -0.15) is 0 Å². The minimum Gasteiger partial charge on any atom is -0.441 e. The van der Waals surface area contributed by atoms with Gasteiger partial charge >= 0.3 is 0 Å². The van der Waals surface area contributed by atoms with E-state index in [4.69, 9.17) is 4.42 Å². The third-order valence-electron chi connectivity index (χ3n) is 6.98. The Labute approximate surface area is 201 Å². The molecule has 34 heavy (non-hydrogen) atoms. The van der Waals surface area contributed by atoms with Crippen LogP contribution in [0, 0.1) is 25.7 Å². The maximum atomic E-state index is 13.7. The number of aromatic nitrogens is 1. The van der Waals surface area contributed by atoms with E-state index in [1.54, 1.807) is 30.4 Å². The number of amides is 2. The molecule has 4 aromatic rings. The fourth-order valence-corrected chi connectivity index (χ4v) is 6.13. The second kappa shape index (κ2) is 8.09. The van der Waals surface area contributed by atoms with Gasteiger partial charge in [-0.3, -0.25) is 9.59 Å². The van der Waals surface area contributed by atoms with Gasteiger partial charge in [0, 0.05) is 24.9 Å². The second-order valence-electron chi connectivity index (χ2n) is 9.31. The minimum atomic E-state index is -0.189. The number of thiophene rings is 1. The number of nitrogens with zero attached hydrogens (tertiary/aromatic N) is 2. The third-order valence-corrected chi connectivity index (χ3v) is 7.95. The van der Waals surface area contributed by atoms with Crippen LogP contribution in [0.5, 0.6) is 0 Å². The summed E-state index contributed by atoms with van der Waals surface area (Å²) in [5.41, 5.74) is 4.66. The van der Waals surface area contributed by atoms with E-state index in [0.29, 0.717) is 40.9 Å². The van der Waals surface area contributed by atoms with Gasteiger partial charge in [0.1, 0.15) is 5.52 Å². The van der Waals surface area contributed by atoms with E-state index in [0.717, 1.165) is 29.0 Å². The Hall–Kier alpha value is -3.45. The van der Waals surface area contributed by atoms with Crippen molar-refractivity contribution in [1.82, 2.24) is 15.2 Å². The normalized spacial score (nSPS) is 21.0. The van der Waals surface area contributed by atoms with Crippen LogP contribution in [0.4, 0.5) is 0 Å². The van der Waals surface area contributed by atoms with Gasteiger partial charge in [-0.25, -0.2) is 4.98 Å². The lowest BCUT2D eigenvalue weighted by Crippen LogP contribution is -2.45. The first kappa shape index (κ1) is 21.1. The molecule has 172 valence electrons. The van der Waals surface area contributed by atoms with E-state index in [9.17, 15) is 9.59 Å². The maximum Gasteiger partial charge on any atom is 0.255 e. The number of benzene rings is 2. The van der Waals surface area contributed by atoms with Crippen molar-refractivity contribution in [2.24, 2.45) is 11.8 Å². The highest BCUT2D eigenvalue weighted by Gasteiger charge is 2.54.